The molecule has 0 aliphatic carbocycles. The van der Waals surface area contributed by atoms with Crippen LogP contribution < -0.4 is 0 Å². The Hall–Kier alpha value is -1.59. The predicted molar refractivity (Wildman–Crippen MR) is 206 cm³/mol. The Bertz CT molecular complexity index is 751. The first-order chi connectivity index (χ1) is 23.8. The SMILES string of the molecule is CCCCCCCCCCCC(=O)OC[C@H](COC(=O)CCCCCCCCCCCC(C)C)OC(=O)CCCCCCCCC(C)CC. The van der Waals surface area contributed by atoms with E-state index in [4.69, 9.17) is 14.2 Å². The lowest BCUT2D eigenvalue weighted by atomic mass is 10.00. The van der Waals surface area contributed by atoms with Gasteiger partial charge in [0.1, 0.15) is 13.2 Å². The molecule has 0 aromatic heterocycles. The number of hydrogen-bond acceptors (Lipinski definition) is 6. The molecular weight excluding hydrogens is 612 g/mol. The molecular formula is C43H82O6. The standard InChI is InChI=1S/C43H82O6/c1-6-8-9-10-11-13-17-23-28-33-41(44)47-36-40(49-43(46)35-30-25-20-19-22-27-32-39(5)7-2)37-48-42(45)34-29-24-18-15-12-14-16-21-26-31-38(3)4/h38-40H,6-37H2,1-5H3/t39?,40-/m1/s1. The summed E-state index contributed by atoms with van der Waals surface area (Å²) in [5.41, 5.74) is 0. The number of carbonyl (C=O) groups is 3. The molecule has 0 spiro atoms. The summed E-state index contributed by atoms with van der Waals surface area (Å²) < 4.78 is 16.6. The molecule has 0 saturated carbocycles. The third-order valence-corrected chi connectivity index (χ3v) is 9.83. The highest BCUT2D eigenvalue weighted by molar-refractivity contribution is 5.71. The van der Waals surface area contributed by atoms with Gasteiger partial charge in [0.15, 0.2) is 6.10 Å². The van der Waals surface area contributed by atoms with Crippen molar-refractivity contribution in [1.82, 2.24) is 0 Å². The Kier molecular flexibility index (Phi) is 35.0. The van der Waals surface area contributed by atoms with Gasteiger partial charge < -0.3 is 14.2 Å². The third kappa shape index (κ3) is 36.0. The van der Waals surface area contributed by atoms with Crippen molar-refractivity contribution in [3.8, 4) is 0 Å². The Labute approximate surface area is 304 Å². The van der Waals surface area contributed by atoms with Crippen LogP contribution >= 0.6 is 0 Å². The van der Waals surface area contributed by atoms with Crippen LogP contribution in [0.4, 0.5) is 0 Å². The van der Waals surface area contributed by atoms with Gasteiger partial charge in [-0.1, -0.05) is 189 Å². The van der Waals surface area contributed by atoms with Crippen LogP contribution in [0.1, 0.15) is 227 Å². The summed E-state index contributed by atoms with van der Waals surface area (Å²) >= 11 is 0. The smallest absolute Gasteiger partial charge is 0.306 e. The molecule has 1 unspecified atom stereocenters. The molecule has 0 heterocycles. The summed E-state index contributed by atoms with van der Waals surface area (Å²) in [6.07, 6.45) is 32.3. The summed E-state index contributed by atoms with van der Waals surface area (Å²) in [5.74, 6) is 0.751. The summed E-state index contributed by atoms with van der Waals surface area (Å²) in [4.78, 5) is 37.5. The minimum absolute atomic E-state index is 0.0665. The van der Waals surface area contributed by atoms with Crippen molar-refractivity contribution in [3.63, 3.8) is 0 Å². The van der Waals surface area contributed by atoms with Crippen LogP contribution in [0.5, 0.6) is 0 Å². The first kappa shape index (κ1) is 47.4. The number of rotatable bonds is 37. The Balaban J connectivity index is 4.35. The number of ether oxygens (including phenoxy) is 3. The van der Waals surface area contributed by atoms with Gasteiger partial charge >= 0.3 is 17.9 Å². The molecule has 0 fully saturated rings. The maximum absolute atomic E-state index is 12.6. The molecule has 290 valence electrons. The van der Waals surface area contributed by atoms with E-state index in [0.29, 0.717) is 19.3 Å². The van der Waals surface area contributed by atoms with Crippen molar-refractivity contribution in [2.75, 3.05) is 13.2 Å². The highest BCUT2D eigenvalue weighted by Crippen LogP contribution is 2.16. The zero-order chi connectivity index (χ0) is 36.2. The van der Waals surface area contributed by atoms with Gasteiger partial charge in [-0.2, -0.15) is 0 Å². The topological polar surface area (TPSA) is 78.9 Å². The van der Waals surface area contributed by atoms with Gasteiger partial charge in [0.2, 0.25) is 0 Å². The van der Waals surface area contributed by atoms with Crippen molar-refractivity contribution in [1.29, 1.82) is 0 Å². The molecule has 0 amide bonds. The second-order valence-corrected chi connectivity index (χ2v) is 15.3. The van der Waals surface area contributed by atoms with E-state index in [1.54, 1.807) is 0 Å². The fraction of sp³-hybridized carbons (Fsp3) is 0.930. The van der Waals surface area contributed by atoms with Gasteiger partial charge in [-0.3, -0.25) is 14.4 Å². The first-order valence-electron chi connectivity index (χ1n) is 21.3. The van der Waals surface area contributed by atoms with E-state index in [-0.39, 0.29) is 31.1 Å². The van der Waals surface area contributed by atoms with Crippen LogP contribution in [0.2, 0.25) is 0 Å². The van der Waals surface area contributed by atoms with E-state index < -0.39 is 6.10 Å². The van der Waals surface area contributed by atoms with E-state index in [2.05, 4.69) is 34.6 Å². The second kappa shape index (κ2) is 36.2. The maximum atomic E-state index is 12.6. The van der Waals surface area contributed by atoms with Gasteiger partial charge in [-0.25, -0.2) is 0 Å². The lowest BCUT2D eigenvalue weighted by Crippen LogP contribution is -2.30. The monoisotopic (exact) mass is 695 g/mol. The van der Waals surface area contributed by atoms with E-state index >= 15 is 0 Å². The molecule has 0 radical (unpaired) electrons. The van der Waals surface area contributed by atoms with Gasteiger partial charge in [-0.05, 0) is 31.1 Å². The van der Waals surface area contributed by atoms with Crippen molar-refractivity contribution in [2.45, 2.75) is 233 Å². The van der Waals surface area contributed by atoms with E-state index in [0.717, 1.165) is 69.6 Å². The van der Waals surface area contributed by atoms with Crippen LogP contribution in [-0.2, 0) is 28.6 Å². The van der Waals surface area contributed by atoms with Crippen LogP contribution in [0.3, 0.4) is 0 Å². The van der Waals surface area contributed by atoms with Crippen LogP contribution in [-0.4, -0.2) is 37.2 Å². The molecule has 0 N–H and O–H groups in total. The summed E-state index contributed by atoms with van der Waals surface area (Å²) in [6.45, 7) is 11.3. The Morgan fingerprint density at radius 2 is 0.776 bits per heavy atom. The fourth-order valence-corrected chi connectivity index (χ4v) is 6.19. The van der Waals surface area contributed by atoms with Gasteiger partial charge in [0, 0.05) is 19.3 Å². The van der Waals surface area contributed by atoms with E-state index in [1.165, 1.54) is 116 Å². The molecule has 6 nitrogen and oxygen atoms in total. The molecule has 0 bridgehead atoms. The lowest BCUT2D eigenvalue weighted by molar-refractivity contribution is -0.167. The Morgan fingerprint density at radius 1 is 0.429 bits per heavy atom. The first-order valence-corrected chi connectivity index (χ1v) is 21.3. The van der Waals surface area contributed by atoms with Gasteiger partial charge in [0.05, 0.1) is 0 Å². The minimum Gasteiger partial charge on any atom is -0.462 e. The average Bonchev–Trinajstić information content (AvgIpc) is 3.08. The van der Waals surface area contributed by atoms with Gasteiger partial charge in [0.25, 0.3) is 0 Å². The predicted octanol–water partition coefficient (Wildman–Crippen LogP) is 13.0. The Morgan fingerprint density at radius 3 is 1.16 bits per heavy atom. The molecule has 0 aromatic carbocycles. The zero-order valence-electron chi connectivity index (χ0n) is 33.3. The fourth-order valence-electron chi connectivity index (χ4n) is 6.19. The average molecular weight is 695 g/mol. The highest BCUT2D eigenvalue weighted by Gasteiger charge is 2.19. The van der Waals surface area contributed by atoms with Crippen molar-refractivity contribution in [3.05, 3.63) is 0 Å². The maximum Gasteiger partial charge on any atom is 0.306 e. The largest absolute Gasteiger partial charge is 0.462 e. The van der Waals surface area contributed by atoms with Crippen LogP contribution in [0, 0.1) is 11.8 Å². The van der Waals surface area contributed by atoms with Crippen molar-refractivity contribution in [2.24, 2.45) is 11.8 Å². The minimum atomic E-state index is -0.760. The molecule has 0 rings (SSSR count). The molecule has 49 heavy (non-hydrogen) atoms. The highest BCUT2D eigenvalue weighted by atomic mass is 16.6. The number of hydrogen-bond donors (Lipinski definition) is 0. The normalized spacial score (nSPS) is 12.6. The lowest BCUT2D eigenvalue weighted by Gasteiger charge is -2.18. The summed E-state index contributed by atoms with van der Waals surface area (Å²) in [6, 6.07) is 0. The second-order valence-electron chi connectivity index (χ2n) is 15.3. The van der Waals surface area contributed by atoms with Crippen LogP contribution in [0.15, 0.2) is 0 Å². The molecule has 0 aromatic rings. The van der Waals surface area contributed by atoms with E-state index in [9.17, 15) is 14.4 Å². The van der Waals surface area contributed by atoms with E-state index in [1.807, 2.05) is 0 Å². The number of esters is 3. The van der Waals surface area contributed by atoms with Crippen LogP contribution in [0.25, 0.3) is 0 Å². The quantitative estimate of drug-likeness (QED) is 0.0366. The summed E-state index contributed by atoms with van der Waals surface area (Å²) in [5, 5.41) is 0. The zero-order valence-corrected chi connectivity index (χ0v) is 33.3. The molecule has 0 aliphatic heterocycles. The molecule has 2 atom stereocenters. The third-order valence-electron chi connectivity index (χ3n) is 9.83. The van der Waals surface area contributed by atoms with Gasteiger partial charge in [-0.15, -0.1) is 0 Å². The number of unbranched alkanes of at least 4 members (excludes halogenated alkanes) is 21. The molecule has 0 aliphatic rings. The van der Waals surface area contributed by atoms with Crippen molar-refractivity contribution >= 4 is 17.9 Å². The molecule has 6 heteroatoms. The van der Waals surface area contributed by atoms with Crippen molar-refractivity contribution < 1.29 is 28.6 Å². The number of carbonyl (C=O) groups excluding carboxylic acids is 3. The molecule has 0 saturated heterocycles. The summed E-state index contributed by atoms with van der Waals surface area (Å²) in [7, 11) is 0.